The normalized spacial score (nSPS) is 14.1. The molecule has 3 aromatic heterocycles. The molecule has 1 aliphatic heterocycles. The van der Waals surface area contributed by atoms with Crippen molar-refractivity contribution in [1.29, 1.82) is 0 Å². The molecule has 1 atom stereocenters. The maximum atomic E-state index is 13.9. The van der Waals surface area contributed by atoms with Crippen LogP contribution in [0.2, 0.25) is 0 Å². The molecule has 0 aliphatic carbocycles. The van der Waals surface area contributed by atoms with Gasteiger partial charge in [0.15, 0.2) is 0 Å². The van der Waals surface area contributed by atoms with Crippen LogP contribution in [-0.2, 0) is 4.79 Å². The third-order valence-corrected chi connectivity index (χ3v) is 6.66. The number of unbranched alkanes of at least 4 members (excludes halogenated alkanes) is 1. The Balaban J connectivity index is 1.29. The molecule has 1 amide bonds. The summed E-state index contributed by atoms with van der Waals surface area (Å²) in [7, 11) is 0. The van der Waals surface area contributed by atoms with Crippen molar-refractivity contribution in [3.8, 4) is 22.3 Å². The van der Waals surface area contributed by atoms with Crippen molar-refractivity contribution in [2.45, 2.75) is 32.4 Å². The van der Waals surface area contributed by atoms with Gasteiger partial charge in [-0.25, -0.2) is 4.39 Å². The number of H-pyrrole nitrogens is 1. The lowest BCUT2D eigenvalue weighted by atomic mass is 10.0. The first kappa shape index (κ1) is 23.6. The molecule has 0 saturated heterocycles. The van der Waals surface area contributed by atoms with Crippen LogP contribution in [0.5, 0.6) is 0 Å². The van der Waals surface area contributed by atoms with E-state index in [1.807, 2.05) is 24.3 Å². The molecule has 4 heterocycles. The zero-order valence-corrected chi connectivity index (χ0v) is 20.8. The summed E-state index contributed by atoms with van der Waals surface area (Å²) < 4.78 is 13.9. The highest BCUT2D eigenvalue weighted by Gasteiger charge is 2.27. The predicted octanol–water partition coefficient (Wildman–Crippen LogP) is 6.49. The Morgan fingerprint density at radius 3 is 2.74 bits per heavy atom. The van der Waals surface area contributed by atoms with Crippen molar-refractivity contribution < 1.29 is 9.18 Å². The van der Waals surface area contributed by atoms with Gasteiger partial charge in [-0.05, 0) is 47.9 Å². The van der Waals surface area contributed by atoms with Gasteiger partial charge >= 0.3 is 0 Å². The van der Waals surface area contributed by atoms with Crippen LogP contribution in [0, 0.1) is 5.82 Å². The molecule has 0 spiro atoms. The minimum absolute atomic E-state index is 0.0107. The number of hydrogen-bond acceptors (Lipinski definition) is 6. The summed E-state index contributed by atoms with van der Waals surface area (Å²) >= 11 is 0. The zero-order chi connectivity index (χ0) is 26.1. The fraction of sp³-hybridized carbons (Fsp3) is 0.172. The Hall–Kier alpha value is -4.79. The molecule has 5 aromatic rings. The number of nitrogens with zero attached hydrogens (tertiary/aromatic N) is 3. The number of halogens is 1. The van der Waals surface area contributed by atoms with Gasteiger partial charge in [0.1, 0.15) is 12.0 Å². The lowest BCUT2D eigenvalue weighted by Crippen LogP contribution is -2.13. The summed E-state index contributed by atoms with van der Waals surface area (Å²) in [6.45, 7) is 2.06. The fourth-order valence-electron chi connectivity index (χ4n) is 4.74. The number of carbonyl (C=O) groups excluding carboxylic acids is 1. The van der Waals surface area contributed by atoms with E-state index in [9.17, 15) is 9.18 Å². The number of amides is 1. The van der Waals surface area contributed by atoms with Crippen LogP contribution in [0.1, 0.15) is 38.0 Å². The molecule has 190 valence electrons. The van der Waals surface area contributed by atoms with Gasteiger partial charge < -0.3 is 16.0 Å². The number of carbonyl (C=O) groups is 1. The highest BCUT2D eigenvalue weighted by molar-refractivity contribution is 5.93. The van der Waals surface area contributed by atoms with E-state index in [0.717, 1.165) is 63.1 Å². The van der Waals surface area contributed by atoms with Crippen molar-refractivity contribution in [2.24, 2.45) is 0 Å². The lowest BCUT2D eigenvalue weighted by molar-refractivity contribution is -0.116. The van der Waals surface area contributed by atoms with E-state index >= 15 is 0 Å². The Kier molecular flexibility index (Phi) is 6.17. The topological polar surface area (TPSA) is 108 Å². The van der Waals surface area contributed by atoms with Gasteiger partial charge in [-0.15, -0.1) is 0 Å². The maximum absolute atomic E-state index is 13.9. The van der Waals surface area contributed by atoms with E-state index < -0.39 is 0 Å². The average molecular weight is 508 g/mol. The minimum Gasteiger partial charge on any atom is -0.358 e. The summed E-state index contributed by atoms with van der Waals surface area (Å²) in [5, 5.41) is 18.5. The second-order valence-corrected chi connectivity index (χ2v) is 9.32. The molecular formula is C29H26FN7O. The SMILES string of the molecule is CCCCC(=O)Nc1cncc(-c2ccc3n[nH]c(C4Nc5cncc(-c6cccc(F)c6)c5N4)c3c2)c1. The quantitative estimate of drug-likeness (QED) is 0.201. The number of fused-ring (bicyclic) bond motifs is 2. The molecule has 8 nitrogen and oxygen atoms in total. The van der Waals surface area contributed by atoms with E-state index in [-0.39, 0.29) is 17.9 Å². The number of anilines is 3. The summed E-state index contributed by atoms with van der Waals surface area (Å²) in [6.07, 6.45) is 8.94. The zero-order valence-electron chi connectivity index (χ0n) is 20.8. The van der Waals surface area contributed by atoms with Crippen LogP contribution in [0.4, 0.5) is 21.5 Å². The average Bonchev–Trinajstić information content (AvgIpc) is 3.55. The number of hydrogen-bond donors (Lipinski definition) is 4. The first-order chi connectivity index (χ1) is 18.6. The Labute approximate surface area is 218 Å². The second-order valence-electron chi connectivity index (χ2n) is 9.32. The monoisotopic (exact) mass is 507 g/mol. The number of aromatic nitrogens is 4. The van der Waals surface area contributed by atoms with Gasteiger partial charge in [0.25, 0.3) is 0 Å². The summed E-state index contributed by atoms with van der Waals surface area (Å²) in [6, 6.07) is 14.4. The van der Waals surface area contributed by atoms with Gasteiger partial charge in [-0.3, -0.25) is 19.9 Å². The molecule has 4 N–H and O–H groups in total. The van der Waals surface area contributed by atoms with Crippen LogP contribution in [-0.4, -0.2) is 26.1 Å². The van der Waals surface area contributed by atoms with Gasteiger partial charge in [0, 0.05) is 35.3 Å². The first-order valence-electron chi connectivity index (χ1n) is 12.6. The number of nitrogens with one attached hydrogen (secondary N) is 4. The van der Waals surface area contributed by atoms with Crippen molar-refractivity contribution in [3.63, 3.8) is 0 Å². The summed E-state index contributed by atoms with van der Waals surface area (Å²) in [4.78, 5) is 20.9. The fourth-order valence-corrected chi connectivity index (χ4v) is 4.74. The minimum atomic E-state index is -0.297. The van der Waals surface area contributed by atoms with E-state index in [0.29, 0.717) is 12.1 Å². The number of rotatable bonds is 7. The largest absolute Gasteiger partial charge is 0.358 e. The molecule has 0 bridgehead atoms. The Morgan fingerprint density at radius 1 is 0.974 bits per heavy atom. The van der Waals surface area contributed by atoms with Crippen LogP contribution < -0.4 is 16.0 Å². The van der Waals surface area contributed by atoms with E-state index in [1.54, 1.807) is 30.9 Å². The van der Waals surface area contributed by atoms with Crippen LogP contribution >= 0.6 is 0 Å². The highest BCUT2D eigenvalue weighted by atomic mass is 19.1. The first-order valence-corrected chi connectivity index (χ1v) is 12.6. The van der Waals surface area contributed by atoms with Gasteiger partial charge in [-0.2, -0.15) is 5.10 Å². The van der Waals surface area contributed by atoms with Gasteiger partial charge in [0.05, 0.1) is 40.7 Å². The van der Waals surface area contributed by atoms with Gasteiger partial charge in [0.2, 0.25) is 5.91 Å². The van der Waals surface area contributed by atoms with Crippen molar-refractivity contribution >= 4 is 33.9 Å². The second kappa shape index (κ2) is 9.93. The van der Waals surface area contributed by atoms with E-state index in [1.165, 1.54) is 12.1 Å². The van der Waals surface area contributed by atoms with Crippen molar-refractivity contribution in [3.05, 3.63) is 84.8 Å². The molecule has 38 heavy (non-hydrogen) atoms. The van der Waals surface area contributed by atoms with E-state index in [4.69, 9.17) is 0 Å². The van der Waals surface area contributed by atoms with Crippen LogP contribution in [0.25, 0.3) is 33.2 Å². The highest BCUT2D eigenvalue weighted by Crippen LogP contribution is 2.42. The van der Waals surface area contributed by atoms with Gasteiger partial charge in [-0.1, -0.05) is 31.5 Å². The summed E-state index contributed by atoms with van der Waals surface area (Å²) in [5.74, 6) is -0.308. The Bertz CT molecular complexity index is 1650. The third kappa shape index (κ3) is 4.54. The molecular weight excluding hydrogens is 481 g/mol. The lowest BCUT2D eigenvalue weighted by Gasteiger charge is -2.12. The molecule has 0 radical (unpaired) electrons. The number of pyridine rings is 2. The van der Waals surface area contributed by atoms with Crippen molar-refractivity contribution in [2.75, 3.05) is 16.0 Å². The third-order valence-electron chi connectivity index (χ3n) is 6.66. The predicted molar refractivity (Wildman–Crippen MR) is 147 cm³/mol. The van der Waals surface area contributed by atoms with Crippen molar-refractivity contribution in [1.82, 2.24) is 20.2 Å². The molecule has 1 unspecified atom stereocenters. The molecule has 6 rings (SSSR count). The standard InChI is InChI=1S/C29H26FN7O/c1-2-3-7-26(38)33-21-11-19(13-31-14-21)17-8-9-24-22(12-17)28(37-36-24)29-34-25-16-32-15-23(27(25)35-29)18-5-4-6-20(30)10-18/h4-6,8-16,29,34-35H,2-3,7H2,1H3,(H,33,38)(H,36,37). The molecule has 1 aliphatic rings. The van der Waals surface area contributed by atoms with Crippen LogP contribution in [0.3, 0.4) is 0 Å². The van der Waals surface area contributed by atoms with Crippen LogP contribution in [0.15, 0.2) is 73.3 Å². The number of aromatic amines is 1. The Morgan fingerprint density at radius 2 is 1.87 bits per heavy atom. The number of benzene rings is 2. The molecule has 9 heteroatoms. The smallest absolute Gasteiger partial charge is 0.224 e. The molecule has 2 aromatic carbocycles. The molecule has 0 fully saturated rings. The summed E-state index contributed by atoms with van der Waals surface area (Å²) in [5.41, 5.74) is 7.43. The molecule has 0 saturated carbocycles. The van der Waals surface area contributed by atoms with E-state index in [2.05, 4.69) is 49.1 Å². The maximum Gasteiger partial charge on any atom is 0.224 e.